The van der Waals surface area contributed by atoms with Crippen LogP contribution < -0.4 is 10.3 Å². The molecule has 3 rings (SSSR count). The number of aromatic nitrogens is 1. The van der Waals surface area contributed by atoms with Gasteiger partial charge in [-0.15, -0.1) is 4.83 Å². The Kier molecular flexibility index (Phi) is 6.18. The average molecular weight is 447 g/mol. The van der Waals surface area contributed by atoms with Gasteiger partial charge in [0.25, 0.3) is 5.91 Å². The maximum Gasteiger partial charge on any atom is 0.341 e. The molecular formula is C20H18FN3O6S. The lowest BCUT2D eigenvalue weighted by molar-refractivity contribution is 0.0597. The van der Waals surface area contributed by atoms with Crippen LogP contribution in [-0.4, -0.2) is 43.8 Å². The number of halogens is 1. The smallest absolute Gasteiger partial charge is 0.341 e. The lowest BCUT2D eigenvalue weighted by atomic mass is 9.99. The molecule has 0 bridgehead atoms. The number of hydrazine groups is 1. The van der Waals surface area contributed by atoms with E-state index in [0.717, 1.165) is 25.0 Å². The van der Waals surface area contributed by atoms with Crippen molar-refractivity contribution in [2.75, 3.05) is 13.4 Å². The summed E-state index contributed by atoms with van der Waals surface area (Å²) in [6.45, 7) is 0. The second-order valence-electron chi connectivity index (χ2n) is 6.68. The van der Waals surface area contributed by atoms with E-state index in [1.165, 1.54) is 18.3 Å². The number of carbonyl (C=O) groups excluding carboxylic acids is 2. The van der Waals surface area contributed by atoms with E-state index < -0.39 is 27.6 Å². The van der Waals surface area contributed by atoms with E-state index >= 15 is 0 Å². The van der Waals surface area contributed by atoms with Gasteiger partial charge in [0.1, 0.15) is 16.9 Å². The molecule has 0 radical (unpaired) electrons. The van der Waals surface area contributed by atoms with Crippen molar-refractivity contribution in [3.8, 4) is 5.75 Å². The van der Waals surface area contributed by atoms with E-state index in [0.29, 0.717) is 12.0 Å². The van der Waals surface area contributed by atoms with Crippen LogP contribution in [0.1, 0.15) is 31.8 Å². The largest absolute Gasteiger partial charge is 0.505 e. The third kappa shape index (κ3) is 5.13. The summed E-state index contributed by atoms with van der Waals surface area (Å²) < 4.78 is 40.4. The number of nitrogens with one attached hydrogen (secondary N) is 2. The highest BCUT2D eigenvalue weighted by molar-refractivity contribution is 7.88. The minimum Gasteiger partial charge on any atom is -0.505 e. The number of esters is 1. The molecule has 31 heavy (non-hydrogen) atoms. The first kappa shape index (κ1) is 22.1. The SMILES string of the molecule is COC(=O)c1cc(C(=O)NNS(C)(=O)=O)c2cc(Cc3ccc(F)cc3)cnc2c1O. The molecule has 162 valence electrons. The van der Waals surface area contributed by atoms with Crippen LogP contribution in [0.3, 0.4) is 0 Å². The van der Waals surface area contributed by atoms with Crippen molar-refractivity contribution < 1.29 is 32.2 Å². The van der Waals surface area contributed by atoms with Gasteiger partial charge in [0, 0.05) is 11.6 Å². The summed E-state index contributed by atoms with van der Waals surface area (Å²) in [5, 5.41) is 10.7. The molecule has 0 spiro atoms. The van der Waals surface area contributed by atoms with Gasteiger partial charge in [-0.3, -0.25) is 15.2 Å². The Hall–Kier alpha value is -3.57. The van der Waals surface area contributed by atoms with Crippen LogP contribution in [0.25, 0.3) is 10.9 Å². The maximum absolute atomic E-state index is 13.1. The number of carbonyl (C=O) groups is 2. The Labute approximate surface area is 176 Å². The summed E-state index contributed by atoms with van der Waals surface area (Å²) in [4.78, 5) is 30.7. The van der Waals surface area contributed by atoms with Gasteiger partial charge in [-0.05, 0) is 41.8 Å². The molecule has 11 heteroatoms. The van der Waals surface area contributed by atoms with Gasteiger partial charge in [0.05, 0.1) is 18.9 Å². The van der Waals surface area contributed by atoms with Crippen molar-refractivity contribution >= 4 is 32.8 Å². The molecule has 1 aromatic heterocycles. The summed E-state index contributed by atoms with van der Waals surface area (Å²) >= 11 is 0. The third-order valence-corrected chi connectivity index (χ3v) is 4.80. The zero-order chi connectivity index (χ0) is 22.8. The lowest BCUT2D eigenvalue weighted by Crippen LogP contribution is -2.41. The lowest BCUT2D eigenvalue weighted by Gasteiger charge is -2.13. The van der Waals surface area contributed by atoms with Crippen molar-refractivity contribution in [3.63, 3.8) is 0 Å². The monoisotopic (exact) mass is 447 g/mol. The highest BCUT2D eigenvalue weighted by Gasteiger charge is 2.22. The number of phenols is 1. The molecule has 1 amide bonds. The summed E-state index contributed by atoms with van der Waals surface area (Å²) in [5.74, 6) is -2.64. The van der Waals surface area contributed by atoms with E-state index in [2.05, 4.69) is 9.72 Å². The Morgan fingerprint density at radius 2 is 1.81 bits per heavy atom. The first-order valence-electron chi connectivity index (χ1n) is 8.83. The molecule has 2 aromatic carbocycles. The molecule has 3 N–H and O–H groups in total. The van der Waals surface area contributed by atoms with Gasteiger partial charge in [-0.25, -0.2) is 17.6 Å². The van der Waals surface area contributed by atoms with E-state index in [4.69, 9.17) is 0 Å². The Balaban J connectivity index is 2.12. The normalized spacial score (nSPS) is 11.3. The maximum atomic E-state index is 13.1. The minimum absolute atomic E-state index is 0.0461. The highest BCUT2D eigenvalue weighted by atomic mass is 32.2. The molecule has 0 aliphatic carbocycles. The van der Waals surface area contributed by atoms with Gasteiger partial charge < -0.3 is 9.84 Å². The summed E-state index contributed by atoms with van der Waals surface area (Å²) in [7, 11) is -2.63. The number of benzene rings is 2. The molecule has 0 saturated carbocycles. The zero-order valence-corrected chi connectivity index (χ0v) is 17.3. The third-order valence-electron chi connectivity index (χ3n) is 4.32. The number of methoxy groups -OCH3 is 1. The van der Waals surface area contributed by atoms with Gasteiger partial charge >= 0.3 is 5.97 Å². The van der Waals surface area contributed by atoms with E-state index in [1.807, 2.05) is 10.3 Å². The predicted octanol–water partition coefficient (Wildman–Crippen LogP) is 1.65. The zero-order valence-electron chi connectivity index (χ0n) is 16.5. The Morgan fingerprint density at radius 3 is 2.42 bits per heavy atom. The van der Waals surface area contributed by atoms with Gasteiger partial charge in [-0.1, -0.05) is 12.1 Å². The van der Waals surface area contributed by atoms with Crippen LogP contribution in [-0.2, 0) is 21.2 Å². The standard InChI is InChI=1S/C20H18FN3O6S/c1-30-20(27)16-9-15(19(26)23-24-31(2,28)29)14-8-12(10-22-17(14)18(16)25)7-11-3-5-13(21)6-4-11/h3-6,8-10,24-25H,7H2,1-2H3,(H,23,26). The number of fused-ring (bicyclic) bond motifs is 1. The topological polar surface area (TPSA) is 135 Å². The summed E-state index contributed by atoms with van der Waals surface area (Å²) in [5.41, 5.74) is 2.98. The van der Waals surface area contributed by atoms with Crippen LogP contribution in [0.5, 0.6) is 5.75 Å². The fraction of sp³-hybridized carbons (Fsp3) is 0.150. The number of amides is 1. The second kappa shape index (κ2) is 8.66. The van der Waals surface area contributed by atoms with Crippen molar-refractivity contribution in [1.29, 1.82) is 0 Å². The second-order valence-corrected chi connectivity index (χ2v) is 8.43. The molecule has 0 unspecified atom stereocenters. The number of pyridine rings is 1. The quantitative estimate of drug-likeness (QED) is 0.386. The number of phenolic OH excluding ortho intramolecular Hbond substituents is 1. The van der Waals surface area contributed by atoms with Crippen molar-refractivity contribution in [3.05, 3.63) is 70.7 Å². The first-order valence-corrected chi connectivity index (χ1v) is 10.7. The van der Waals surface area contributed by atoms with Crippen LogP contribution >= 0.6 is 0 Å². The van der Waals surface area contributed by atoms with Crippen molar-refractivity contribution in [2.24, 2.45) is 0 Å². The van der Waals surface area contributed by atoms with Gasteiger partial charge in [-0.2, -0.15) is 0 Å². The number of hydrogen-bond acceptors (Lipinski definition) is 7. The number of ether oxygens (including phenoxy) is 1. The molecular weight excluding hydrogens is 429 g/mol. The Morgan fingerprint density at radius 1 is 1.13 bits per heavy atom. The summed E-state index contributed by atoms with van der Waals surface area (Å²) in [6.07, 6.45) is 2.65. The summed E-state index contributed by atoms with van der Waals surface area (Å²) in [6, 6.07) is 8.48. The first-order chi connectivity index (χ1) is 14.6. The highest BCUT2D eigenvalue weighted by Crippen LogP contribution is 2.32. The number of rotatable bonds is 6. The number of sulfonamides is 1. The van der Waals surface area contributed by atoms with Gasteiger partial charge in [0.15, 0.2) is 5.75 Å². The predicted molar refractivity (Wildman–Crippen MR) is 109 cm³/mol. The fourth-order valence-electron chi connectivity index (χ4n) is 2.91. The van der Waals surface area contributed by atoms with Crippen LogP contribution in [0, 0.1) is 5.82 Å². The van der Waals surface area contributed by atoms with Crippen LogP contribution in [0.4, 0.5) is 4.39 Å². The molecule has 0 atom stereocenters. The molecule has 9 nitrogen and oxygen atoms in total. The van der Waals surface area contributed by atoms with Crippen LogP contribution in [0.2, 0.25) is 0 Å². The molecule has 3 aromatic rings. The van der Waals surface area contributed by atoms with E-state index in [9.17, 15) is 27.5 Å². The van der Waals surface area contributed by atoms with Crippen LogP contribution in [0.15, 0.2) is 42.6 Å². The molecule has 0 fully saturated rings. The number of hydrogen-bond donors (Lipinski definition) is 3. The molecule has 0 aliphatic heterocycles. The fourth-order valence-corrected chi connectivity index (χ4v) is 3.19. The van der Waals surface area contributed by atoms with Gasteiger partial charge in [0.2, 0.25) is 10.0 Å². The minimum atomic E-state index is -3.74. The Bertz CT molecular complexity index is 1280. The van der Waals surface area contributed by atoms with Crippen molar-refractivity contribution in [1.82, 2.24) is 15.2 Å². The number of aromatic hydroxyl groups is 1. The molecule has 1 heterocycles. The average Bonchev–Trinajstić information content (AvgIpc) is 2.73. The number of nitrogens with zero attached hydrogens (tertiary/aromatic N) is 1. The molecule has 0 saturated heterocycles. The van der Waals surface area contributed by atoms with E-state index in [1.54, 1.807) is 18.2 Å². The molecule has 0 aliphatic rings. The van der Waals surface area contributed by atoms with E-state index in [-0.39, 0.29) is 27.8 Å². The van der Waals surface area contributed by atoms with Crippen molar-refractivity contribution in [2.45, 2.75) is 6.42 Å².